The highest BCUT2D eigenvalue weighted by atomic mass is 35.5. The lowest BCUT2D eigenvalue weighted by molar-refractivity contribution is -0.153. The van der Waals surface area contributed by atoms with Crippen LogP contribution in [-0.4, -0.2) is 39.0 Å². The molecular weight excluding hydrogens is 370 g/mol. The van der Waals surface area contributed by atoms with Gasteiger partial charge in [0.1, 0.15) is 0 Å². The molecule has 0 amide bonds. The summed E-state index contributed by atoms with van der Waals surface area (Å²) in [5, 5.41) is 0.494. The Hall–Kier alpha value is -0.760. The number of thioether (sulfide) groups is 1. The predicted molar refractivity (Wildman–Crippen MR) is 99.0 cm³/mol. The van der Waals surface area contributed by atoms with Crippen LogP contribution < -0.4 is 4.72 Å². The van der Waals surface area contributed by atoms with E-state index >= 15 is 0 Å². The van der Waals surface area contributed by atoms with Crippen molar-refractivity contribution < 1.29 is 17.9 Å². The van der Waals surface area contributed by atoms with Gasteiger partial charge in [-0.05, 0) is 57.2 Å². The Kier molecular flexibility index (Phi) is 8.56. The fraction of sp³-hybridized carbons (Fsp3) is 0.562. The molecule has 5 nitrogen and oxygen atoms in total. The molecule has 0 unspecified atom stereocenters. The fourth-order valence-corrected chi connectivity index (χ4v) is 4.20. The molecule has 24 heavy (non-hydrogen) atoms. The van der Waals surface area contributed by atoms with E-state index in [-0.39, 0.29) is 10.9 Å². The second-order valence-electron chi connectivity index (χ2n) is 5.82. The van der Waals surface area contributed by atoms with Crippen molar-refractivity contribution in [1.29, 1.82) is 0 Å². The van der Waals surface area contributed by atoms with Gasteiger partial charge in [0.05, 0.1) is 16.9 Å². The van der Waals surface area contributed by atoms with Crippen LogP contribution in [0.4, 0.5) is 0 Å². The Balaban J connectivity index is 2.31. The number of rotatable bonds is 10. The van der Waals surface area contributed by atoms with E-state index in [1.807, 2.05) is 13.8 Å². The fourth-order valence-electron chi connectivity index (χ4n) is 1.80. The zero-order chi connectivity index (χ0) is 18.2. The van der Waals surface area contributed by atoms with Crippen molar-refractivity contribution in [2.24, 2.45) is 5.41 Å². The zero-order valence-corrected chi connectivity index (χ0v) is 16.6. The molecular formula is C16H24ClNO4S2. The molecule has 136 valence electrons. The predicted octanol–water partition coefficient (Wildman–Crippen LogP) is 3.33. The van der Waals surface area contributed by atoms with Gasteiger partial charge in [0.15, 0.2) is 0 Å². The summed E-state index contributed by atoms with van der Waals surface area (Å²) >= 11 is 7.35. The summed E-state index contributed by atoms with van der Waals surface area (Å²) in [6.07, 6.45) is 0.681. The monoisotopic (exact) mass is 393 g/mol. The number of esters is 1. The Bertz CT molecular complexity index is 630. The third-order valence-electron chi connectivity index (χ3n) is 3.36. The average Bonchev–Trinajstić information content (AvgIpc) is 2.51. The third-order valence-corrected chi connectivity index (χ3v) is 6.08. The molecule has 0 atom stereocenters. The molecule has 0 bridgehead atoms. The first-order valence-electron chi connectivity index (χ1n) is 7.69. The van der Waals surface area contributed by atoms with Gasteiger partial charge < -0.3 is 4.74 Å². The summed E-state index contributed by atoms with van der Waals surface area (Å²) in [6, 6.07) is 6.03. The summed E-state index contributed by atoms with van der Waals surface area (Å²) < 4.78 is 31.7. The zero-order valence-electron chi connectivity index (χ0n) is 14.2. The largest absolute Gasteiger partial charge is 0.466 e. The van der Waals surface area contributed by atoms with Gasteiger partial charge in [0, 0.05) is 17.3 Å². The Morgan fingerprint density at radius 1 is 1.25 bits per heavy atom. The van der Waals surface area contributed by atoms with Gasteiger partial charge in [-0.2, -0.15) is 11.8 Å². The number of benzene rings is 1. The van der Waals surface area contributed by atoms with Crippen molar-refractivity contribution >= 4 is 39.4 Å². The van der Waals surface area contributed by atoms with Gasteiger partial charge in [0.2, 0.25) is 10.0 Å². The molecule has 0 spiro atoms. The second kappa shape index (κ2) is 9.65. The van der Waals surface area contributed by atoms with E-state index in [1.165, 1.54) is 12.1 Å². The van der Waals surface area contributed by atoms with E-state index in [2.05, 4.69) is 4.72 Å². The summed E-state index contributed by atoms with van der Waals surface area (Å²) in [4.78, 5) is 12.0. The maximum Gasteiger partial charge on any atom is 0.311 e. The Morgan fingerprint density at radius 2 is 1.88 bits per heavy atom. The van der Waals surface area contributed by atoms with E-state index in [0.29, 0.717) is 30.3 Å². The molecule has 0 aliphatic carbocycles. The summed E-state index contributed by atoms with van der Waals surface area (Å²) in [7, 11) is -3.51. The summed E-state index contributed by atoms with van der Waals surface area (Å²) in [5.74, 6) is 1.19. The molecule has 1 N–H and O–H groups in total. The number of hydrogen-bond acceptors (Lipinski definition) is 5. The molecule has 0 radical (unpaired) electrons. The lowest BCUT2D eigenvalue weighted by Crippen LogP contribution is -2.28. The second-order valence-corrected chi connectivity index (χ2v) is 9.25. The molecule has 1 aromatic carbocycles. The van der Waals surface area contributed by atoms with Crippen LogP contribution >= 0.6 is 23.4 Å². The van der Waals surface area contributed by atoms with Gasteiger partial charge in [-0.3, -0.25) is 4.79 Å². The van der Waals surface area contributed by atoms with Crippen LogP contribution in [0.15, 0.2) is 29.2 Å². The SMILES string of the molecule is CCOC(=O)C(C)(C)CCSCCNS(=O)(=O)c1ccc(Cl)cc1. The molecule has 0 heterocycles. The van der Waals surface area contributed by atoms with Crippen molar-refractivity contribution in [2.75, 3.05) is 24.7 Å². The molecule has 1 aromatic rings. The first-order chi connectivity index (χ1) is 11.2. The number of hydrogen-bond donors (Lipinski definition) is 1. The van der Waals surface area contributed by atoms with Crippen molar-refractivity contribution in [3.05, 3.63) is 29.3 Å². The smallest absolute Gasteiger partial charge is 0.311 e. The highest BCUT2D eigenvalue weighted by Gasteiger charge is 2.28. The van der Waals surface area contributed by atoms with Gasteiger partial charge in [-0.15, -0.1) is 0 Å². The third kappa shape index (κ3) is 7.01. The quantitative estimate of drug-likeness (QED) is 0.487. The van der Waals surface area contributed by atoms with Gasteiger partial charge in [-0.1, -0.05) is 11.6 Å². The van der Waals surface area contributed by atoms with Crippen LogP contribution in [0.2, 0.25) is 5.02 Å². The molecule has 0 aliphatic heterocycles. The minimum atomic E-state index is -3.51. The number of ether oxygens (including phenoxy) is 1. The highest BCUT2D eigenvalue weighted by molar-refractivity contribution is 7.99. The van der Waals surface area contributed by atoms with Crippen LogP contribution in [0.5, 0.6) is 0 Å². The summed E-state index contributed by atoms with van der Waals surface area (Å²) in [6.45, 7) is 6.20. The first-order valence-corrected chi connectivity index (χ1v) is 10.7. The first kappa shape index (κ1) is 21.3. The van der Waals surface area contributed by atoms with E-state index < -0.39 is 15.4 Å². The van der Waals surface area contributed by atoms with Crippen LogP contribution in [0.1, 0.15) is 27.2 Å². The van der Waals surface area contributed by atoms with Crippen LogP contribution in [0, 0.1) is 5.41 Å². The maximum absolute atomic E-state index is 12.1. The molecule has 8 heteroatoms. The standard InChI is InChI=1S/C16H24ClNO4S2/c1-4-22-15(19)16(2,3)9-11-23-12-10-18-24(20,21)14-7-5-13(17)6-8-14/h5-8,18H,4,9-12H2,1-3H3. The normalized spacial score (nSPS) is 12.2. The van der Waals surface area contributed by atoms with Crippen molar-refractivity contribution in [2.45, 2.75) is 32.1 Å². The van der Waals surface area contributed by atoms with Crippen molar-refractivity contribution in [3.8, 4) is 0 Å². The average molecular weight is 394 g/mol. The molecule has 0 aromatic heterocycles. The number of carbonyl (C=O) groups excluding carboxylic acids is 1. The Morgan fingerprint density at radius 3 is 2.46 bits per heavy atom. The van der Waals surface area contributed by atoms with Crippen LogP contribution in [0.3, 0.4) is 0 Å². The number of sulfonamides is 1. The van der Waals surface area contributed by atoms with Gasteiger partial charge >= 0.3 is 5.97 Å². The van der Waals surface area contributed by atoms with E-state index in [4.69, 9.17) is 16.3 Å². The number of nitrogens with one attached hydrogen (secondary N) is 1. The van der Waals surface area contributed by atoms with E-state index in [0.717, 1.165) is 5.75 Å². The molecule has 0 saturated heterocycles. The van der Waals surface area contributed by atoms with Gasteiger partial charge in [0.25, 0.3) is 0 Å². The van der Waals surface area contributed by atoms with Crippen molar-refractivity contribution in [1.82, 2.24) is 4.72 Å². The Labute approximate surface area is 153 Å². The number of carbonyl (C=O) groups is 1. The topological polar surface area (TPSA) is 72.5 Å². The molecule has 0 aliphatic rings. The molecule has 0 saturated carbocycles. The minimum Gasteiger partial charge on any atom is -0.466 e. The lowest BCUT2D eigenvalue weighted by atomic mass is 9.90. The minimum absolute atomic E-state index is 0.195. The van der Waals surface area contributed by atoms with E-state index in [9.17, 15) is 13.2 Å². The van der Waals surface area contributed by atoms with Crippen LogP contribution in [-0.2, 0) is 19.6 Å². The van der Waals surface area contributed by atoms with E-state index in [1.54, 1.807) is 30.8 Å². The maximum atomic E-state index is 12.1. The highest BCUT2D eigenvalue weighted by Crippen LogP contribution is 2.24. The van der Waals surface area contributed by atoms with Crippen LogP contribution in [0.25, 0.3) is 0 Å². The van der Waals surface area contributed by atoms with Gasteiger partial charge in [-0.25, -0.2) is 13.1 Å². The number of halogens is 1. The lowest BCUT2D eigenvalue weighted by Gasteiger charge is -2.21. The summed E-state index contributed by atoms with van der Waals surface area (Å²) in [5.41, 5.74) is -0.522. The van der Waals surface area contributed by atoms with Crippen molar-refractivity contribution in [3.63, 3.8) is 0 Å². The molecule has 0 fully saturated rings. The molecule has 1 rings (SSSR count).